The van der Waals surface area contributed by atoms with Crippen molar-refractivity contribution in [3.63, 3.8) is 0 Å². The molecular weight excluding hydrogens is 765 g/mol. The average molecular weight is 814 g/mol. The maximum atomic E-state index is 13.3. The Bertz CT molecular complexity index is 2460. The number of aliphatic hydroxyl groups is 2. The number of nitrogens with zero attached hydrogens (tertiary/aromatic N) is 6. The van der Waals surface area contributed by atoms with Crippen molar-refractivity contribution >= 4 is 39.2 Å². The first-order valence-corrected chi connectivity index (χ1v) is 19.2. The van der Waals surface area contributed by atoms with Crippen LogP contribution >= 0.6 is 0 Å². The van der Waals surface area contributed by atoms with Gasteiger partial charge in [-0.1, -0.05) is 12.1 Å². The Labute approximate surface area is 339 Å². The number of Topliss-reactive ketones (excluding diaryl/α,β-unsaturated/α-hetero) is 1. The second-order valence-corrected chi connectivity index (χ2v) is 16.1. The van der Waals surface area contributed by atoms with Crippen molar-refractivity contribution in [1.29, 1.82) is 0 Å². The van der Waals surface area contributed by atoms with Gasteiger partial charge in [-0.3, -0.25) is 14.2 Å². The highest BCUT2D eigenvalue weighted by atomic mass is 19.1. The topological polar surface area (TPSA) is 201 Å². The fourth-order valence-corrected chi connectivity index (χ4v) is 7.20. The molecule has 5 N–H and O–H groups in total. The molecule has 4 heterocycles. The number of aromatic carboxylic acids is 1. The summed E-state index contributed by atoms with van der Waals surface area (Å²) in [6.07, 6.45) is 7.74. The van der Waals surface area contributed by atoms with Gasteiger partial charge in [-0.05, 0) is 102 Å². The molecule has 0 amide bonds. The van der Waals surface area contributed by atoms with Crippen molar-refractivity contribution in [2.75, 3.05) is 20.0 Å². The minimum atomic E-state index is -1.22. The summed E-state index contributed by atoms with van der Waals surface area (Å²) in [5, 5.41) is 39.6. The summed E-state index contributed by atoms with van der Waals surface area (Å²) in [5.74, 6) is -1.12. The molecular formula is C43H49F2N7O7. The highest BCUT2D eigenvalue weighted by Crippen LogP contribution is 2.45. The van der Waals surface area contributed by atoms with Gasteiger partial charge in [0.1, 0.15) is 17.2 Å². The van der Waals surface area contributed by atoms with Crippen LogP contribution in [0.3, 0.4) is 0 Å². The predicted molar refractivity (Wildman–Crippen MR) is 216 cm³/mol. The molecule has 2 aliphatic carbocycles. The number of carbonyl (C=O) groups is 2. The Morgan fingerprint density at radius 3 is 1.64 bits per heavy atom. The number of pyridine rings is 2. The third kappa shape index (κ3) is 10.0. The van der Waals surface area contributed by atoms with Crippen LogP contribution in [0.2, 0.25) is 0 Å². The summed E-state index contributed by atoms with van der Waals surface area (Å²) in [7, 11) is 3.15. The number of carboxylic acids is 1. The lowest BCUT2D eigenvalue weighted by Gasteiger charge is -2.42. The summed E-state index contributed by atoms with van der Waals surface area (Å²) in [4.78, 5) is 29.4. The van der Waals surface area contributed by atoms with E-state index in [1.165, 1.54) is 30.3 Å². The van der Waals surface area contributed by atoms with Crippen molar-refractivity contribution in [3.05, 3.63) is 102 Å². The van der Waals surface area contributed by atoms with Gasteiger partial charge in [0.15, 0.2) is 11.5 Å². The number of anilines is 1. The van der Waals surface area contributed by atoms with Gasteiger partial charge in [0.2, 0.25) is 11.9 Å². The normalized spacial score (nSPS) is 18.7. The number of ketones is 1. The minimum absolute atomic E-state index is 0.0605. The van der Waals surface area contributed by atoms with Crippen LogP contribution in [0.15, 0.2) is 73.1 Å². The van der Waals surface area contributed by atoms with E-state index in [4.69, 9.17) is 20.3 Å². The fourth-order valence-electron chi connectivity index (χ4n) is 7.20. The molecule has 0 bridgehead atoms. The molecule has 2 aliphatic rings. The highest BCUT2D eigenvalue weighted by molar-refractivity contribution is 5.97. The number of carbonyl (C=O) groups excluding carboxylic acids is 1. The largest absolute Gasteiger partial charge is 0.496 e. The van der Waals surface area contributed by atoms with E-state index in [1.54, 1.807) is 14.2 Å². The van der Waals surface area contributed by atoms with E-state index in [9.17, 15) is 28.6 Å². The molecule has 0 radical (unpaired) electrons. The molecule has 0 aliphatic heterocycles. The SMILES string of the molecule is COc1cc2nn(C3CC(C(C)(C)O)C3)cc2cc1CC(=O)c1cccc(F)n1.COc1cc2nn(C3CC(C(C)(C)O)C3)cc2cc1N.O=C(O)c1cccc(F)n1. The lowest BCUT2D eigenvalue weighted by atomic mass is 9.71. The van der Waals surface area contributed by atoms with E-state index >= 15 is 0 Å². The minimum Gasteiger partial charge on any atom is -0.496 e. The first-order chi connectivity index (χ1) is 27.8. The lowest BCUT2D eigenvalue weighted by Crippen LogP contribution is -2.41. The Morgan fingerprint density at radius 1 is 0.746 bits per heavy atom. The third-order valence-electron chi connectivity index (χ3n) is 11.1. The number of halogens is 2. The third-order valence-corrected chi connectivity index (χ3v) is 11.1. The van der Waals surface area contributed by atoms with E-state index in [-0.39, 0.29) is 35.6 Å². The molecule has 8 rings (SSSR count). The van der Waals surface area contributed by atoms with Crippen LogP contribution in [-0.2, 0) is 6.42 Å². The molecule has 0 saturated heterocycles. The number of benzene rings is 2. The monoisotopic (exact) mass is 813 g/mol. The number of hydrogen-bond acceptors (Lipinski definition) is 11. The zero-order valence-electron chi connectivity index (χ0n) is 33.8. The molecule has 2 saturated carbocycles. The van der Waals surface area contributed by atoms with Gasteiger partial charge in [-0.15, -0.1) is 0 Å². The Kier molecular flexibility index (Phi) is 12.3. The molecule has 0 spiro atoms. The number of ether oxygens (including phenoxy) is 2. The number of hydrogen-bond donors (Lipinski definition) is 4. The van der Waals surface area contributed by atoms with Crippen LogP contribution in [0.5, 0.6) is 11.5 Å². The quantitative estimate of drug-likeness (QED) is 0.0628. The standard InChI is InChI=1S/C22H24FN3O3.C15H21N3O2.C6H4FNO2/c1-22(2,28)15-9-16(10-15)26-12-14-7-13(20(29-3)11-18(14)25-26)8-19(27)17-5-4-6-21(23)24-17;1-15(2,19)10-5-11(6-10)18-8-9-4-12(16)14(20-3)7-13(9)17-18;7-5-3-1-2-4(8-5)6(9)10/h4-7,11-12,15-16,28H,8-10H2,1-3H3;4,7-8,10-11,19H,5-6,16H2,1-3H3;1-3H,(H,9,10). The van der Waals surface area contributed by atoms with Crippen LogP contribution in [0, 0.1) is 23.7 Å². The van der Waals surface area contributed by atoms with Gasteiger partial charge >= 0.3 is 5.97 Å². The van der Waals surface area contributed by atoms with Crippen molar-refractivity contribution in [1.82, 2.24) is 29.5 Å². The van der Waals surface area contributed by atoms with Crippen molar-refractivity contribution in [2.45, 2.75) is 83.1 Å². The van der Waals surface area contributed by atoms with Gasteiger partial charge < -0.3 is 30.5 Å². The van der Waals surface area contributed by atoms with Gasteiger partial charge in [0.05, 0.1) is 54.2 Å². The average Bonchev–Trinajstić information content (AvgIpc) is 3.71. The number of methoxy groups -OCH3 is 2. The molecule has 2 fully saturated rings. The Balaban J connectivity index is 0.000000168. The van der Waals surface area contributed by atoms with Crippen LogP contribution in [0.4, 0.5) is 14.5 Å². The van der Waals surface area contributed by atoms with Crippen molar-refractivity contribution in [3.8, 4) is 11.5 Å². The molecule has 0 unspecified atom stereocenters. The molecule has 59 heavy (non-hydrogen) atoms. The lowest BCUT2D eigenvalue weighted by molar-refractivity contribution is -0.0415. The predicted octanol–water partition coefficient (Wildman–Crippen LogP) is 6.99. The van der Waals surface area contributed by atoms with Crippen LogP contribution in [0.25, 0.3) is 21.8 Å². The molecule has 312 valence electrons. The first kappa shape index (κ1) is 42.6. The number of nitrogens with two attached hydrogens (primary N) is 1. The zero-order chi connectivity index (χ0) is 42.8. The number of fused-ring (bicyclic) bond motifs is 2. The van der Waals surface area contributed by atoms with Crippen LogP contribution < -0.4 is 15.2 Å². The Morgan fingerprint density at radius 2 is 1.20 bits per heavy atom. The Hall–Kier alpha value is -6.00. The maximum Gasteiger partial charge on any atom is 0.354 e. The molecule has 4 aromatic heterocycles. The first-order valence-electron chi connectivity index (χ1n) is 19.2. The highest BCUT2D eigenvalue weighted by Gasteiger charge is 2.41. The number of nitrogen functional groups attached to an aromatic ring is 1. The summed E-state index contributed by atoms with van der Waals surface area (Å²) in [6.45, 7) is 7.43. The second kappa shape index (κ2) is 17.1. The van der Waals surface area contributed by atoms with Gasteiger partial charge in [-0.2, -0.15) is 19.0 Å². The van der Waals surface area contributed by atoms with E-state index in [2.05, 4.69) is 20.2 Å². The molecule has 14 nitrogen and oxygen atoms in total. The molecule has 0 atom stereocenters. The number of carboxylic acid groups (broad SMARTS) is 1. The summed E-state index contributed by atoms with van der Waals surface area (Å²) in [6, 6.07) is 15.9. The van der Waals surface area contributed by atoms with E-state index in [0.29, 0.717) is 34.7 Å². The van der Waals surface area contributed by atoms with E-state index in [0.717, 1.165) is 53.6 Å². The molecule has 16 heteroatoms. The summed E-state index contributed by atoms with van der Waals surface area (Å²) >= 11 is 0. The summed E-state index contributed by atoms with van der Waals surface area (Å²) < 4.78 is 40.1. The van der Waals surface area contributed by atoms with Crippen LogP contribution in [-0.4, -0.2) is 82.0 Å². The van der Waals surface area contributed by atoms with Crippen molar-refractivity contribution < 1.29 is 43.2 Å². The molecule has 2 aromatic carbocycles. The van der Waals surface area contributed by atoms with E-state index < -0.39 is 29.1 Å². The zero-order valence-corrected chi connectivity index (χ0v) is 33.8. The second-order valence-electron chi connectivity index (χ2n) is 16.1. The summed E-state index contributed by atoms with van der Waals surface area (Å²) in [5.41, 5.74) is 7.46. The van der Waals surface area contributed by atoms with Gasteiger partial charge in [0.25, 0.3) is 0 Å². The van der Waals surface area contributed by atoms with Gasteiger partial charge in [0, 0.05) is 47.3 Å². The molecule has 6 aromatic rings. The number of rotatable bonds is 10. The van der Waals surface area contributed by atoms with Crippen molar-refractivity contribution in [2.24, 2.45) is 11.8 Å². The fraction of sp³-hybridized carbons (Fsp3) is 0.395. The number of aromatic nitrogens is 6. The van der Waals surface area contributed by atoms with Crippen LogP contribution in [0.1, 0.15) is 92.0 Å². The maximum absolute atomic E-state index is 13.3. The van der Waals surface area contributed by atoms with Gasteiger partial charge in [-0.25, -0.2) is 14.8 Å². The smallest absolute Gasteiger partial charge is 0.354 e. The van der Waals surface area contributed by atoms with E-state index in [1.807, 2.05) is 73.7 Å².